The van der Waals surface area contributed by atoms with Crippen molar-refractivity contribution in [1.29, 1.82) is 0 Å². The molecular formula is C19H20N2O4. The number of carbonyl (C=O) groups is 2. The topological polar surface area (TPSA) is 81.9 Å². The molecule has 2 N–H and O–H groups in total. The van der Waals surface area contributed by atoms with Gasteiger partial charge < -0.3 is 15.2 Å². The molecule has 1 aliphatic rings. The number of fused-ring (bicyclic) bond motifs is 1. The zero-order valence-electron chi connectivity index (χ0n) is 14.2. The fourth-order valence-electron chi connectivity index (χ4n) is 3.17. The maximum Gasteiger partial charge on any atom is 0.240 e. The van der Waals surface area contributed by atoms with Crippen LogP contribution >= 0.6 is 0 Å². The number of hydrogen-bond acceptors (Lipinski definition) is 4. The molecule has 6 nitrogen and oxygen atoms in total. The smallest absolute Gasteiger partial charge is 0.240 e. The molecule has 0 bridgehead atoms. The van der Waals surface area contributed by atoms with Crippen LogP contribution in [-0.4, -0.2) is 32.1 Å². The lowest BCUT2D eigenvalue weighted by Crippen LogP contribution is -2.46. The Kier molecular flexibility index (Phi) is 4.61. The van der Waals surface area contributed by atoms with E-state index in [1.165, 1.54) is 4.90 Å². The SMILES string of the molecule is COc1ccc(CC(=O)N2c3ccccc3CC2C(N)=O)cc1OC. The first-order valence-corrected chi connectivity index (χ1v) is 7.95. The summed E-state index contributed by atoms with van der Waals surface area (Å²) >= 11 is 0. The molecule has 6 heteroatoms. The molecule has 0 spiro atoms. The van der Waals surface area contributed by atoms with Crippen LogP contribution in [0.2, 0.25) is 0 Å². The molecule has 2 amide bonds. The van der Waals surface area contributed by atoms with Crippen LogP contribution in [-0.2, 0) is 22.4 Å². The van der Waals surface area contributed by atoms with Crippen LogP contribution in [0.1, 0.15) is 11.1 Å². The molecule has 0 fully saturated rings. The third-order valence-electron chi connectivity index (χ3n) is 4.38. The summed E-state index contributed by atoms with van der Waals surface area (Å²) in [6.07, 6.45) is 0.585. The van der Waals surface area contributed by atoms with Gasteiger partial charge in [-0.3, -0.25) is 14.5 Å². The zero-order chi connectivity index (χ0) is 18.0. The van der Waals surface area contributed by atoms with Crippen LogP contribution in [0.3, 0.4) is 0 Å². The molecule has 2 aromatic carbocycles. The zero-order valence-corrected chi connectivity index (χ0v) is 14.2. The summed E-state index contributed by atoms with van der Waals surface area (Å²) in [5.41, 5.74) is 7.98. The minimum Gasteiger partial charge on any atom is -0.493 e. The number of methoxy groups -OCH3 is 2. The highest BCUT2D eigenvalue weighted by Crippen LogP contribution is 2.33. The second-order valence-corrected chi connectivity index (χ2v) is 5.88. The lowest BCUT2D eigenvalue weighted by atomic mass is 10.1. The highest BCUT2D eigenvalue weighted by molar-refractivity contribution is 6.03. The molecule has 0 saturated carbocycles. The van der Waals surface area contributed by atoms with Crippen LogP contribution in [0, 0.1) is 0 Å². The van der Waals surface area contributed by atoms with Crippen molar-refractivity contribution >= 4 is 17.5 Å². The van der Waals surface area contributed by atoms with E-state index >= 15 is 0 Å². The van der Waals surface area contributed by atoms with Gasteiger partial charge in [-0.15, -0.1) is 0 Å². The van der Waals surface area contributed by atoms with Gasteiger partial charge in [0.05, 0.1) is 20.6 Å². The van der Waals surface area contributed by atoms with Crippen LogP contribution in [0.4, 0.5) is 5.69 Å². The van der Waals surface area contributed by atoms with Crippen molar-refractivity contribution in [2.75, 3.05) is 19.1 Å². The maximum absolute atomic E-state index is 12.9. The molecule has 1 unspecified atom stereocenters. The Morgan fingerprint density at radius 1 is 1.12 bits per heavy atom. The summed E-state index contributed by atoms with van der Waals surface area (Å²) in [5.74, 6) is 0.471. The summed E-state index contributed by atoms with van der Waals surface area (Å²) in [6, 6.07) is 12.2. The Labute approximate surface area is 146 Å². The molecule has 130 valence electrons. The second-order valence-electron chi connectivity index (χ2n) is 5.88. The number of benzene rings is 2. The van der Waals surface area contributed by atoms with Gasteiger partial charge in [-0.25, -0.2) is 0 Å². The van der Waals surface area contributed by atoms with Crippen molar-refractivity contribution in [1.82, 2.24) is 0 Å². The molecule has 2 aromatic rings. The molecular weight excluding hydrogens is 320 g/mol. The van der Waals surface area contributed by atoms with Gasteiger partial charge >= 0.3 is 0 Å². The Hall–Kier alpha value is -3.02. The summed E-state index contributed by atoms with van der Waals surface area (Å²) < 4.78 is 10.5. The molecule has 3 rings (SSSR count). The Morgan fingerprint density at radius 2 is 1.84 bits per heavy atom. The standard InChI is InChI=1S/C19H20N2O4/c1-24-16-8-7-12(9-17(16)25-2)10-18(22)21-14-6-4-3-5-13(14)11-15(21)19(20)23/h3-9,15H,10-11H2,1-2H3,(H2,20,23). The van der Waals surface area contributed by atoms with Crippen molar-refractivity contribution < 1.29 is 19.1 Å². The predicted molar refractivity (Wildman–Crippen MR) is 93.9 cm³/mol. The molecule has 0 aromatic heterocycles. The van der Waals surface area contributed by atoms with E-state index in [0.717, 1.165) is 16.8 Å². The largest absolute Gasteiger partial charge is 0.493 e. The molecule has 0 aliphatic carbocycles. The minimum atomic E-state index is -0.648. The minimum absolute atomic E-state index is 0.137. The first-order chi connectivity index (χ1) is 12.0. The number of para-hydroxylation sites is 1. The van der Waals surface area contributed by atoms with Gasteiger partial charge in [0, 0.05) is 12.1 Å². The summed E-state index contributed by atoms with van der Waals surface area (Å²) in [4.78, 5) is 26.2. The van der Waals surface area contributed by atoms with Gasteiger partial charge in [-0.05, 0) is 29.3 Å². The molecule has 25 heavy (non-hydrogen) atoms. The van der Waals surface area contributed by atoms with Crippen LogP contribution < -0.4 is 20.1 Å². The lowest BCUT2D eigenvalue weighted by Gasteiger charge is -2.23. The number of rotatable bonds is 5. The first-order valence-electron chi connectivity index (χ1n) is 7.95. The highest BCUT2D eigenvalue weighted by atomic mass is 16.5. The summed E-state index contributed by atoms with van der Waals surface area (Å²) in [5, 5.41) is 0. The average Bonchev–Trinajstić information content (AvgIpc) is 3.01. The Bertz CT molecular complexity index is 819. The average molecular weight is 340 g/mol. The van der Waals surface area contributed by atoms with Crippen LogP contribution in [0.15, 0.2) is 42.5 Å². The van der Waals surface area contributed by atoms with E-state index in [0.29, 0.717) is 17.9 Å². The number of primary amides is 1. The van der Waals surface area contributed by atoms with Gasteiger partial charge in [0.2, 0.25) is 11.8 Å². The van der Waals surface area contributed by atoms with Gasteiger partial charge in [0.1, 0.15) is 6.04 Å². The van der Waals surface area contributed by atoms with E-state index in [2.05, 4.69) is 0 Å². The summed E-state index contributed by atoms with van der Waals surface area (Å²) in [6.45, 7) is 0. The fourth-order valence-corrected chi connectivity index (χ4v) is 3.17. The molecule has 1 atom stereocenters. The molecule has 0 saturated heterocycles. The van der Waals surface area contributed by atoms with Gasteiger partial charge in [0.25, 0.3) is 0 Å². The maximum atomic E-state index is 12.9. The van der Waals surface area contributed by atoms with Crippen molar-refractivity contribution in [2.45, 2.75) is 18.9 Å². The predicted octanol–water partition coefficient (Wildman–Crippen LogP) is 1.69. The number of ether oxygens (including phenoxy) is 2. The number of hydrogen-bond donors (Lipinski definition) is 1. The van der Waals surface area contributed by atoms with Crippen LogP contribution in [0.5, 0.6) is 11.5 Å². The normalized spacial score (nSPS) is 15.6. The molecule has 1 heterocycles. The fraction of sp³-hybridized carbons (Fsp3) is 0.263. The van der Waals surface area contributed by atoms with E-state index in [4.69, 9.17) is 15.2 Å². The summed E-state index contributed by atoms with van der Waals surface area (Å²) in [7, 11) is 3.10. The van der Waals surface area contributed by atoms with Crippen molar-refractivity contribution in [2.24, 2.45) is 5.73 Å². The number of amides is 2. The van der Waals surface area contributed by atoms with Gasteiger partial charge in [0.15, 0.2) is 11.5 Å². The van der Waals surface area contributed by atoms with Crippen molar-refractivity contribution in [3.05, 3.63) is 53.6 Å². The first kappa shape index (κ1) is 16.8. The van der Waals surface area contributed by atoms with E-state index in [9.17, 15) is 9.59 Å². The molecule has 0 radical (unpaired) electrons. The van der Waals surface area contributed by atoms with E-state index < -0.39 is 11.9 Å². The molecule has 1 aliphatic heterocycles. The van der Waals surface area contributed by atoms with Gasteiger partial charge in [-0.2, -0.15) is 0 Å². The number of carbonyl (C=O) groups excluding carboxylic acids is 2. The Balaban J connectivity index is 1.88. The van der Waals surface area contributed by atoms with Gasteiger partial charge in [-0.1, -0.05) is 24.3 Å². The number of nitrogens with two attached hydrogens (primary N) is 1. The van der Waals surface area contributed by atoms with Crippen LogP contribution in [0.25, 0.3) is 0 Å². The van der Waals surface area contributed by atoms with E-state index in [1.54, 1.807) is 32.4 Å². The quantitative estimate of drug-likeness (QED) is 0.898. The van der Waals surface area contributed by atoms with E-state index in [-0.39, 0.29) is 12.3 Å². The Morgan fingerprint density at radius 3 is 2.52 bits per heavy atom. The monoisotopic (exact) mass is 340 g/mol. The number of anilines is 1. The third-order valence-corrected chi connectivity index (χ3v) is 4.38. The number of nitrogens with zero attached hydrogens (tertiary/aromatic N) is 1. The lowest BCUT2D eigenvalue weighted by molar-refractivity contribution is -0.124. The van der Waals surface area contributed by atoms with Crippen molar-refractivity contribution in [3.63, 3.8) is 0 Å². The third kappa shape index (κ3) is 3.15. The van der Waals surface area contributed by atoms with Crippen molar-refractivity contribution in [3.8, 4) is 11.5 Å². The second kappa shape index (κ2) is 6.84. The van der Waals surface area contributed by atoms with E-state index in [1.807, 2.05) is 24.3 Å². The highest BCUT2D eigenvalue weighted by Gasteiger charge is 2.36.